The van der Waals surface area contributed by atoms with Gasteiger partial charge in [0.15, 0.2) is 0 Å². The first-order valence-corrected chi connectivity index (χ1v) is 7.00. The zero-order valence-electron chi connectivity index (χ0n) is 12.6. The van der Waals surface area contributed by atoms with Crippen LogP contribution in [0.5, 0.6) is 0 Å². The SMILES string of the molecule is C=C(CNC=O)OCc1cncc(-c2ccc(F)c(C(F)F)c2)c1. The molecular formula is C17H15F3N2O2. The molecule has 1 N–H and O–H groups in total. The average molecular weight is 336 g/mol. The van der Waals surface area contributed by atoms with E-state index < -0.39 is 17.8 Å². The Labute approximate surface area is 137 Å². The highest BCUT2D eigenvalue weighted by atomic mass is 19.3. The molecule has 0 aliphatic heterocycles. The van der Waals surface area contributed by atoms with E-state index in [0.29, 0.717) is 28.9 Å². The quantitative estimate of drug-likeness (QED) is 0.592. The number of rotatable bonds is 8. The Kier molecular flexibility index (Phi) is 5.95. The Morgan fingerprint density at radius 2 is 2.08 bits per heavy atom. The van der Waals surface area contributed by atoms with E-state index in [4.69, 9.17) is 4.74 Å². The number of hydrogen-bond acceptors (Lipinski definition) is 3. The Morgan fingerprint density at radius 1 is 1.29 bits per heavy atom. The van der Waals surface area contributed by atoms with E-state index in [0.717, 1.165) is 12.1 Å². The van der Waals surface area contributed by atoms with Gasteiger partial charge in [0.1, 0.15) is 18.2 Å². The van der Waals surface area contributed by atoms with Gasteiger partial charge in [0, 0.05) is 23.5 Å². The molecule has 0 saturated carbocycles. The van der Waals surface area contributed by atoms with Crippen LogP contribution >= 0.6 is 0 Å². The van der Waals surface area contributed by atoms with Gasteiger partial charge in [0.05, 0.1) is 12.1 Å². The van der Waals surface area contributed by atoms with Crippen LogP contribution in [0.4, 0.5) is 13.2 Å². The molecule has 2 rings (SSSR count). The largest absolute Gasteiger partial charge is 0.492 e. The van der Waals surface area contributed by atoms with Gasteiger partial charge in [0.25, 0.3) is 6.43 Å². The van der Waals surface area contributed by atoms with Crippen molar-refractivity contribution in [2.75, 3.05) is 6.54 Å². The van der Waals surface area contributed by atoms with Gasteiger partial charge in [-0.1, -0.05) is 12.6 Å². The molecule has 7 heteroatoms. The maximum atomic E-state index is 13.4. The summed E-state index contributed by atoms with van der Waals surface area (Å²) in [5.74, 6) is -0.575. The third-order valence-electron chi connectivity index (χ3n) is 3.18. The Bertz CT molecular complexity index is 736. The molecule has 4 nitrogen and oxygen atoms in total. The van der Waals surface area contributed by atoms with Crippen LogP contribution in [0.1, 0.15) is 17.6 Å². The van der Waals surface area contributed by atoms with Gasteiger partial charge >= 0.3 is 0 Å². The lowest BCUT2D eigenvalue weighted by Crippen LogP contribution is -2.15. The van der Waals surface area contributed by atoms with Crippen molar-refractivity contribution in [1.29, 1.82) is 0 Å². The lowest BCUT2D eigenvalue weighted by Gasteiger charge is -2.10. The first-order chi connectivity index (χ1) is 11.5. The molecule has 0 spiro atoms. The van der Waals surface area contributed by atoms with Crippen molar-refractivity contribution in [3.05, 3.63) is 65.9 Å². The number of hydrogen-bond donors (Lipinski definition) is 1. The predicted molar refractivity (Wildman–Crippen MR) is 82.6 cm³/mol. The summed E-state index contributed by atoms with van der Waals surface area (Å²) in [7, 11) is 0. The summed E-state index contributed by atoms with van der Waals surface area (Å²) in [5, 5.41) is 2.42. The molecule has 0 bridgehead atoms. The Balaban J connectivity index is 2.14. The van der Waals surface area contributed by atoms with Gasteiger partial charge in [-0.3, -0.25) is 9.78 Å². The molecule has 24 heavy (non-hydrogen) atoms. The van der Waals surface area contributed by atoms with Crippen molar-refractivity contribution >= 4 is 6.41 Å². The number of benzene rings is 1. The summed E-state index contributed by atoms with van der Waals surface area (Å²) >= 11 is 0. The van der Waals surface area contributed by atoms with Crippen LogP contribution in [0.2, 0.25) is 0 Å². The van der Waals surface area contributed by atoms with Crippen molar-refractivity contribution in [2.45, 2.75) is 13.0 Å². The van der Waals surface area contributed by atoms with Crippen molar-refractivity contribution < 1.29 is 22.7 Å². The molecule has 1 amide bonds. The second-order valence-corrected chi connectivity index (χ2v) is 4.94. The number of alkyl halides is 2. The van der Waals surface area contributed by atoms with E-state index >= 15 is 0 Å². The molecule has 2 aromatic rings. The zero-order chi connectivity index (χ0) is 17.5. The third-order valence-corrected chi connectivity index (χ3v) is 3.18. The summed E-state index contributed by atoms with van der Waals surface area (Å²) in [6.45, 7) is 3.98. The average Bonchev–Trinajstić information content (AvgIpc) is 2.58. The maximum Gasteiger partial charge on any atom is 0.266 e. The highest BCUT2D eigenvalue weighted by molar-refractivity contribution is 5.64. The second kappa shape index (κ2) is 8.14. The summed E-state index contributed by atoms with van der Waals surface area (Å²) < 4.78 is 44.3. The van der Waals surface area contributed by atoms with Gasteiger partial charge in [-0.15, -0.1) is 0 Å². The highest BCUT2D eigenvalue weighted by Gasteiger charge is 2.14. The van der Waals surface area contributed by atoms with Gasteiger partial charge in [-0.05, 0) is 23.8 Å². The van der Waals surface area contributed by atoms with Crippen LogP contribution in [-0.4, -0.2) is 17.9 Å². The van der Waals surface area contributed by atoms with Crippen LogP contribution < -0.4 is 5.32 Å². The molecule has 0 atom stereocenters. The molecule has 0 aliphatic carbocycles. The third kappa shape index (κ3) is 4.58. The van der Waals surface area contributed by atoms with Crippen LogP contribution in [-0.2, 0) is 16.1 Å². The molecular weight excluding hydrogens is 321 g/mol. The van der Waals surface area contributed by atoms with Crippen LogP contribution in [0.3, 0.4) is 0 Å². The summed E-state index contributed by atoms with van der Waals surface area (Å²) in [4.78, 5) is 14.2. The molecule has 0 unspecified atom stereocenters. The van der Waals surface area contributed by atoms with E-state index in [2.05, 4.69) is 16.9 Å². The molecule has 0 aliphatic rings. The predicted octanol–water partition coefficient (Wildman–Crippen LogP) is 3.60. The van der Waals surface area contributed by atoms with Gasteiger partial charge in [-0.2, -0.15) is 0 Å². The summed E-state index contributed by atoms with van der Waals surface area (Å²) in [6, 6.07) is 5.23. The van der Waals surface area contributed by atoms with Crippen molar-refractivity contribution in [2.24, 2.45) is 0 Å². The monoisotopic (exact) mass is 336 g/mol. The number of nitrogens with zero attached hydrogens (tertiary/aromatic N) is 1. The number of amides is 1. The highest BCUT2D eigenvalue weighted by Crippen LogP contribution is 2.28. The Hall–Kier alpha value is -2.83. The fourth-order valence-corrected chi connectivity index (χ4v) is 2.01. The number of pyridine rings is 1. The molecule has 0 saturated heterocycles. The molecule has 0 radical (unpaired) electrons. The first-order valence-electron chi connectivity index (χ1n) is 7.00. The summed E-state index contributed by atoms with van der Waals surface area (Å²) in [5.41, 5.74) is 1.03. The molecule has 126 valence electrons. The zero-order valence-corrected chi connectivity index (χ0v) is 12.6. The maximum absolute atomic E-state index is 13.4. The van der Waals surface area contributed by atoms with Crippen LogP contribution in [0, 0.1) is 5.82 Å². The van der Waals surface area contributed by atoms with E-state index in [1.807, 2.05) is 0 Å². The van der Waals surface area contributed by atoms with Gasteiger partial charge in [0.2, 0.25) is 6.41 Å². The number of ether oxygens (including phenoxy) is 1. The minimum Gasteiger partial charge on any atom is -0.492 e. The van der Waals surface area contributed by atoms with Crippen LogP contribution in [0.25, 0.3) is 11.1 Å². The van der Waals surface area contributed by atoms with Crippen molar-refractivity contribution in [3.8, 4) is 11.1 Å². The number of carbonyl (C=O) groups excluding carboxylic acids is 1. The van der Waals surface area contributed by atoms with Gasteiger partial charge in [-0.25, -0.2) is 13.2 Å². The van der Waals surface area contributed by atoms with E-state index in [-0.39, 0.29) is 13.2 Å². The molecule has 0 fully saturated rings. The molecule has 1 aromatic heterocycles. The number of halogens is 3. The normalized spacial score (nSPS) is 10.5. The Morgan fingerprint density at radius 3 is 2.79 bits per heavy atom. The number of carbonyl (C=O) groups is 1. The topological polar surface area (TPSA) is 51.2 Å². The second-order valence-electron chi connectivity index (χ2n) is 4.94. The van der Waals surface area contributed by atoms with Crippen LogP contribution in [0.15, 0.2) is 49.0 Å². The molecule has 1 aromatic carbocycles. The number of aromatic nitrogens is 1. The smallest absolute Gasteiger partial charge is 0.266 e. The molecule has 1 heterocycles. The van der Waals surface area contributed by atoms with E-state index in [9.17, 15) is 18.0 Å². The van der Waals surface area contributed by atoms with E-state index in [1.54, 1.807) is 12.3 Å². The summed E-state index contributed by atoms with van der Waals surface area (Å²) in [6.07, 6.45) is 0.695. The standard InChI is InChI=1S/C17H15F3N2O2/c1-11(6-22-10-23)24-9-12-4-14(8-21-7-12)13-2-3-16(18)15(5-13)17(19)20/h2-5,7-8,10,17H,1,6,9H2,(H,22,23). The minimum atomic E-state index is -2.89. The van der Waals surface area contributed by atoms with Crippen molar-refractivity contribution in [3.63, 3.8) is 0 Å². The van der Waals surface area contributed by atoms with E-state index in [1.165, 1.54) is 12.3 Å². The lowest BCUT2D eigenvalue weighted by atomic mass is 10.0. The fraction of sp³-hybridized carbons (Fsp3) is 0.176. The first kappa shape index (κ1) is 17.5. The lowest BCUT2D eigenvalue weighted by molar-refractivity contribution is -0.109. The minimum absolute atomic E-state index is 0.156. The van der Waals surface area contributed by atoms with Crippen molar-refractivity contribution in [1.82, 2.24) is 10.3 Å². The fourth-order valence-electron chi connectivity index (χ4n) is 2.01. The number of nitrogens with one attached hydrogen (secondary N) is 1. The van der Waals surface area contributed by atoms with Gasteiger partial charge < -0.3 is 10.1 Å².